The summed E-state index contributed by atoms with van der Waals surface area (Å²) in [5, 5.41) is 5.87. The monoisotopic (exact) mass is 333 g/mol. The van der Waals surface area contributed by atoms with Crippen LogP contribution in [0.2, 0.25) is 0 Å². The van der Waals surface area contributed by atoms with Gasteiger partial charge < -0.3 is 16.4 Å². The number of hydrogen-bond donors (Lipinski definition) is 3. The summed E-state index contributed by atoms with van der Waals surface area (Å²) in [4.78, 5) is 24.3. The van der Waals surface area contributed by atoms with Crippen LogP contribution in [0, 0.1) is 11.3 Å². The molecule has 5 nitrogen and oxygen atoms in total. The van der Waals surface area contributed by atoms with Gasteiger partial charge >= 0.3 is 0 Å². The van der Waals surface area contributed by atoms with E-state index in [0.717, 1.165) is 24.1 Å². The van der Waals surface area contributed by atoms with Gasteiger partial charge in [-0.1, -0.05) is 39.8 Å². The largest absolute Gasteiger partial charge is 0.352 e. The number of hydrogen-bond acceptors (Lipinski definition) is 3. The molecular weight excluding hydrogens is 302 g/mol. The quantitative estimate of drug-likeness (QED) is 0.649. The summed E-state index contributed by atoms with van der Waals surface area (Å²) in [6.07, 6.45) is 1.93. The third kappa shape index (κ3) is 5.64. The Morgan fingerprint density at radius 3 is 2.42 bits per heavy atom. The van der Waals surface area contributed by atoms with E-state index in [1.165, 1.54) is 0 Å². The van der Waals surface area contributed by atoms with Gasteiger partial charge in [0.15, 0.2) is 0 Å². The molecule has 4 N–H and O–H groups in total. The normalized spacial score (nSPS) is 11.4. The van der Waals surface area contributed by atoms with Crippen molar-refractivity contribution in [2.75, 3.05) is 11.9 Å². The molecule has 0 aromatic heterocycles. The summed E-state index contributed by atoms with van der Waals surface area (Å²) >= 11 is 0. The van der Waals surface area contributed by atoms with Crippen molar-refractivity contribution in [3.05, 3.63) is 29.8 Å². The Morgan fingerprint density at radius 1 is 1.21 bits per heavy atom. The molecule has 5 heteroatoms. The van der Waals surface area contributed by atoms with E-state index in [9.17, 15) is 9.59 Å². The Labute approximate surface area is 145 Å². The minimum absolute atomic E-state index is 0.00491. The van der Waals surface area contributed by atoms with Crippen LogP contribution >= 0.6 is 0 Å². The zero-order valence-corrected chi connectivity index (χ0v) is 15.3. The van der Waals surface area contributed by atoms with Crippen molar-refractivity contribution in [2.24, 2.45) is 17.1 Å². The predicted molar refractivity (Wildman–Crippen MR) is 98.4 cm³/mol. The van der Waals surface area contributed by atoms with Gasteiger partial charge in [0.2, 0.25) is 11.8 Å². The fourth-order valence-corrected chi connectivity index (χ4v) is 2.66. The molecule has 0 atom stereocenters. The molecule has 0 saturated heterocycles. The number of rotatable bonds is 9. The minimum atomic E-state index is -0.497. The summed E-state index contributed by atoms with van der Waals surface area (Å²) in [7, 11) is 0. The van der Waals surface area contributed by atoms with Crippen LogP contribution in [-0.2, 0) is 16.1 Å². The molecule has 1 aromatic carbocycles. The molecule has 0 unspecified atom stereocenters. The Bertz CT molecular complexity index is 543. The average Bonchev–Trinajstić information content (AvgIpc) is 2.54. The third-order valence-corrected chi connectivity index (χ3v) is 4.48. The van der Waals surface area contributed by atoms with E-state index < -0.39 is 5.41 Å². The highest BCUT2D eigenvalue weighted by molar-refractivity contribution is 5.90. The number of benzene rings is 1. The zero-order chi connectivity index (χ0) is 18.2. The van der Waals surface area contributed by atoms with Crippen LogP contribution in [0.5, 0.6) is 0 Å². The van der Waals surface area contributed by atoms with Crippen molar-refractivity contribution in [1.82, 2.24) is 5.32 Å². The molecule has 0 aliphatic heterocycles. The maximum absolute atomic E-state index is 12.5. The van der Waals surface area contributed by atoms with Crippen molar-refractivity contribution < 1.29 is 9.59 Å². The molecule has 0 aliphatic carbocycles. The van der Waals surface area contributed by atoms with Gasteiger partial charge in [0, 0.05) is 25.2 Å². The fraction of sp³-hybridized carbons (Fsp3) is 0.579. The maximum Gasteiger partial charge on any atom is 0.227 e. The second-order valence-electron chi connectivity index (χ2n) is 6.72. The standard InChI is InChI=1S/C19H31N3O2/c1-5-19(6-2,13-20)18(24)21-12-15-8-7-9-16(11-15)22-17(23)10-14(3)4/h7-9,11,14H,5-6,10,12-13,20H2,1-4H3,(H,21,24)(H,22,23). The van der Waals surface area contributed by atoms with Crippen molar-refractivity contribution >= 4 is 17.5 Å². The number of carbonyl (C=O) groups excluding carboxylic acids is 2. The molecule has 0 heterocycles. The second kappa shape index (κ2) is 9.42. The van der Waals surface area contributed by atoms with E-state index in [1.807, 2.05) is 52.0 Å². The van der Waals surface area contributed by atoms with Gasteiger partial charge in [0.05, 0.1) is 5.41 Å². The van der Waals surface area contributed by atoms with Crippen molar-refractivity contribution in [3.8, 4) is 0 Å². The van der Waals surface area contributed by atoms with Crippen LogP contribution in [0.15, 0.2) is 24.3 Å². The summed E-state index contributed by atoms with van der Waals surface area (Å²) in [6.45, 7) is 8.76. The number of amides is 2. The van der Waals surface area contributed by atoms with Crippen LogP contribution in [0.4, 0.5) is 5.69 Å². The van der Waals surface area contributed by atoms with Gasteiger partial charge in [0.25, 0.3) is 0 Å². The Morgan fingerprint density at radius 2 is 1.88 bits per heavy atom. The first-order valence-electron chi connectivity index (χ1n) is 8.74. The Hall–Kier alpha value is -1.88. The molecule has 2 amide bonds. The minimum Gasteiger partial charge on any atom is -0.352 e. The molecule has 0 aliphatic rings. The molecule has 0 saturated carbocycles. The molecule has 0 fully saturated rings. The molecule has 0 radical (unpaired) electrons. The van der Waals surface area contributed by atoms with Crippen LogP contribution < -0.4 is 16.4 Å². The summed E-state index contributed by atoms with van der Waals surface area (Å²) in [6, 6.07) is 7.55. The first-order chi connectivity index (χ1) is 11.4. The number of anilines is 1. The molecule has 0 spiro atoms. The van der Waals surface area contributed by atoms with Crippen molar-refractivity contribution in [2.45, 2.75) is 53.5 Å². The smallest absolute Gasteiger partial charge is 0.227 e. The van der Waals surface area contributed by atoms with E-state index in [0.29, 0.717) is 25.4 Å². The molecule has 0 bridgehead atoms. The lowest BCUT2D eigenvalue weighted by molar-refractivity contribution is -0.131. The average molecular weight is 333 g/mol. The topological polar surface area (TPSA) is 84.2 Å². The summed E-state index contributed by atoms with van der Waals surface area (Å²) in [5.74, 6) is 0.314. The Balaban J connectivity index is 2.68. The lowest BCUT2D eigenvalue weighted by Gasteiger charge is -2.28. The highest BCUT2D eigenvalue weighted by Gasteiger charge is 2.32. The molecule has 1 aromatic rings. The molecule has 134 valence electrons. The van der Waals surface area contributed by atoms with Crippen LogP contribution in [0.25, 0.3) is 0 Å². The fourth-order valence-electron chi connectivity index (χ4n) is 2.66. The molecule has 24 heavy (non-hydrogen) atoms. The predicted octanol–water partition coefficient (Wildman–Crippen LogP) is 3.05. The van der Waals surface area contributed by atoms with Gasteiger partial charge in [-0.3, -0.25) is 9.59 Å². The SMILES string of the molecule is CCC(CC)(CN)C(=O)NCc1cccc(NC(=O)CC(C)C)c1. The lowest BCUT2D eigenvalue weighted by atomic mass is 9.81. The number of nitrogens with one attached hydrogen (secondary N) is 2. The van der Waals surface area contributed by atoms with Gasteiger partial charge in [-0.05, 0) is 36.5 Å². The van der Waals surface area contributed by atoms with E-state index in [4.69, 9.17) is 5.73 Å². The van der Waals surface area contributed by atoms with E-state index in [2.05, 4.69) is 10.6 Å². The third-order valence-electron chi connectivity index (χ3n) is 4.48. The second-order valence-corrected chi connectivity index (χ2v) is 6.72. The lowest BCUT2D eigenvalue weighted by Crippen LogP contribution is -2.45. The van der Waals surface area contributed by atoms with Gasteiger partial charge in [0.1, 0.15) is 0 Å². The highest BCUT2D eigenvalue weighted by atomic mass is 16.2. The van der Waals surface area contributed by atoms with Crippen molar-refractivity contribution in [1.29, 1.82) is 0 Å². The maximum atomic E-state index is 12.5. The zero-order valence-electron chi connectivity index (χ0n) is 15.3. The summed E-state index contributed by atoms with van der Waals surface area (Å²) in [5.41, 5.74) is 7.01. The molecular formula is C19H31N3O2. The van der Waals surface area contributed by atoms with Crippen LogP contribution in [0.3, 0.4) is 0 Å². The Kier molecular flexibility index (Phi) is 7.92. The van der Waals surface area contributed by atoms with E-state index in [-0.39, 0.29) is 11.8 Å². The first kappa shape index (κ1) is 20.2. The summed E-state index contributed by atoms with van der Waals surface area (Å²) < 4.78 is 0. The van der Waals surface area contributed by atoms with Crippen molar-refractivity contribution in [3.63, 3.8) is 0 Å². The van der Waals surface area contributed by atoms with Gasteiger partial charge in [-0.2, -0.15) is 0 Å². The molecule has 1 rings (SSSR count). The van der Waals surface area contributed by atoms with Gasteiger partial charge in [-0.25, -0.2) is 0 Å². The first-order valence-corrected chi connectivity index (χ1v) is 8.74. The van der Waals surface area contributed by atoms with Crippen LogP contribution in [0.1, 0.15) is 52.5 Å². The van der Waals surface area contributed by atoms with E-state index in [1.54, 1.807) is 0 Å². The van der Waals surface area contributed by atoms with Gasteiger partial charge in [-0.15, -0.1) is 0 Å². The number of carbonyl (C=O) groups is 2. The van der Waals surface area contributed by atoms with E-state index >= 15 is 0 Å². The van der Waals surface area contributed by atoms with Crippen LogP contribution in [-0.4, -0.2) is 18.4 Å². The highest BCUT2D eigenvalue weighted by Crippen LogP contribution is 2.25. The number of nitrogens with two attached hydrogens (primary N) is 1.